The van der Waals surface area contributed by atoms with Gasteiger partial charge in [-0.25, -0.2) is 4.98 Å². The molecule has 28 heavy (non-hydrogen) atoms. The molecule has 1 heterocycles. The first kappa shape index (κ1) is 18.0. The molecule has 0 atom stereocenters. The number of aromatic amines is 1. The Morgan fingerprint density at radius 3 is 2.11 bits per heavy atom. The van der Waals surface area contributed by atoms with Gasteiger partial charge in [0.25, 0.3) is 0 Å². The second-order valence-corrected chi connectivity index (χ2v) is 6.88. The fraction of sp³-hybridized carbons (Fsp3) is 0.167. The van der Waals surface area contributed by atoms with Crippen molar-refractivity contribution in [3.63, 3.8) is 0 Å². The quantitative estimate of drug-likeness (QED) is 0.506. The number of carbonyl (C=O) groups excluding carboxylic acids is 1. The SMILES string of the molecule is O=C(CCc1nc2ccccc2[nH]1)NCC(c1ccccc1)c1ccccc1. The highest BCUT2D eigenvalue weighted by molar-refractivity contribution is 5.77. The van der Waals surface area contributed by atoms with Crippen LogP contribution in [0.3, 0.4) is 0 Å². The standard InChI is InChI=1S/C24H23N3O/c28-24(16-15-23-26-21-13-7-8-14-22(21)27-23)25-17-20(18-9-3-1-4-10-18)19-11-5-2-6-12-19/h1-14,20H,15-17H2,(H,25,28)(H,26,27). The summed E-state index contributed by atoms with van der Waals surface area (Å²) < 4.78 is 0. The van der Waals surface area contributed by atoms with Crippen molar-refractivity contribution in [2.45, 2.75) is 18.8 Å². The fourth-order valence-corrected chi connectivity index (χ4v) is 3.46. The van der Waals surface area contributed by atoms with Gasteiger partial charge in [0.1, 0.15) is 5.82 Å². The van der Waals surface area contributed by atoms with E-state index in [1.54, 1.807) is 0 Å². The van der Waals surface area contributed by atoms with Gasteiger partial charge < -0.3 is 10.3 Å². The topological polar surface area (TPSA) is 57.8 Å². The van der Waals surface area contributed by atoms with Crippen LogP contribution in [0.1, 0.15) is 29.3 Å². The third-order valence-corrected chi connectivity index (χ3v) is 4.93. The minimum absolute atomic E-state index is 0.0392. The molecule has 2 N–H and O–H groups in total. The van der Waals surface area contributed by atoms with E-state index in [0.29, 0.717) is 19.4 Å². The molecule has 0 fully saturated rings. The van der Waals surface area contributed by atoms with Crippen LogP contribution >= 0.6 is 0 Å². The Kier molecular flexibility index (Phi) is 5.48. The highest BCUT2D eigenvalue weighted by atomic mass is 16.1. The van der Waals surface area contributed by atoms with Crippen molar-refractivity contribution >= 4 is 16.9 Å². The third-order valence-electron chi connectivity index (χ3n) is 4.93. The number of nitrogens with one attached hydrogen (secondary N) is 2. The Morgan fingerprint density at radius 1 is 0.857 bits per heavy atom. The summed E-state index contributed by atoms with van der Waals surface area (Å²) in [5, 5.41) is 3.10. The normalized spacial score (nSPS) is 11.0. The molecule has 0 saturated heterocycles. The predicted octanol–water partition coefficient (Wildman–Crippen LogP) is 4.44. The van der Waals surface area contributed by atoms with E-state index in [4.69, 9.17) is 0 Å². The van der Waals surface area contributed by atoms with Crippen LogP contribution in [0.5, 0.6) is 0 Å². The molecule has 0 aliphatic rings. The van der Waals surface area contributed by atoms with Crippen LogP contribution in [0.2, 0.25) is 0 Å². The van der Waals surface area contributed by atoms with Gasteiger partial charge in [0, 0.05) is 25.3 Å². The van der Waals surface area contributed by atoms with Crippen molar-refractivity contribution in [1.82, 2.24) is 15.3 Å². The van der Waals surface area contributed by atoms with E-state index in [0.717, 1.165) is 16.9 Å². The maximum Gasteiger partial charge on any atom is 0.220 e. The van der Waals surface area contributed by atoms with Crippen molar-refractivity contribution < 1.29 is 4.79 Å². The molecule has 1 aromatic heterocycles. The summed E-state index contributed by atoms with van der Waals surface area (Å²) in [6.45, 7) is 0.576. The maximum absolute atomic E-state index is 12.4. The van der Waals surface area contributed by atoms with Crippen LogP contribution in [0.25, 0.3) is 11.0 Å². The molecule has 0 bridgehead atoms. The molecule has 4 heteroatoms. The van der Waals surface area contributed by atoms with Crippen molar-refractivity contribution in [2.75, 3.05) is 6.54 Å². The molecule has 0 saturated carbocycles. The second kappa shape index (κ2) is 8.53. The van der Waals surface area contributed by atoms with Gasteiger partial charge in [-0.15, -0.1) is 0 Å². The number of amides is 1. The monoisotopic (exact) mass is 369 g/mol. The minimum atomic E-state index is 0.0392. The molecular formula is C24H23N3O. The Labute approximate surface area is 164 Å². The van der Waals surface area contributed by atoms with Crippen molar-refractivity contribution in [3.05, 3.63) is 102 Å². The number of aryl methyl sites for hydroxylation is 1. The van der Waals surface area contributed by atoms with E-state index in [9.17, 15) is 4.79 Å². The molecule has 140 valence electrons. The summed E-state index contributed by atoms with van der Waals surface area (Å²) in [5.74, 6) is 1.02. The molecule has 3 aromatic carbocycles. The summed E-state index contributed by atoms with van der Waals surface area (Å²) in [5.41, 5.74) is 4.34. The average molecular weight is 369 g/mol. The zero-order valence-electron chi connectivity index (χ0n) is 15.6. The molecule has 0 unspecified atom stereocenters. The highest BCUT2D eigenvalue weighted by Gasteiger charge is 2.15. The fourth-order valence-electron chi connectivity index (χ4n) is 3.46. The van der Waals surface area contributed by atoms with Gasteiger partial charge in [-0.05, 0) is 23.3 Å². The second-order valence-electron chi connectivity index (χ2n) is 6.88. The molecule has 4 nitrogen and oxygen atoms in total. The van der Waals surface area contributed by atoms with E-state index in [2.05, 4.69) is 39.6 Å². The lowest BCUT2D eigenvalue weighted by Gasteiger charge is -2.18. The molecular weight excluding hydrogens is 346 g/mol. The highest BCUT2D eigenvalue weighted by Crippen LogP contribution is 2.23. The van der Waals surface area contributed by atoms with E-state index >= 15 is 0 Å². The lowest BCUT2D eigenvalue weighted by atomic mass is 9.91. The number of hydrogen-bond acceptors (Lipinski definition) is 2. The van der Waals surface area contributed by atoms with Crippen molar-refractivity contribution in [1.29, 1.82) is 0 Å². The number of nitrogens with zero attached hydrogens (tertiary/aromatic N) is 1. The van der Waals surface area contributed by atoms with Gasteiger partial charge in [0.05, 0.1) is 11.0 Å². The van der Waals surface area contributed by atoms with Crippen molar-refractivity contribution in [3.8, 4) is 0 Å². The zero-order valence-corrected chi connectivity index (χ0v) is 15.6. The molecule has 0 spiro atoms. The van der Waals surface area contributed by atoms with Crippen LogP contribution in [0, 0.1) is 0 Å². The molecule has 1 amide bonds. The van der Waals surface area contributed by atoms with E-state index < -0.39 is 0 Å². The van der Waals surface area contributed by atoms with Gasteiger partial charge in [-0.2, -0.15) is 0 Å². The summed E-state index contributed by atoms with van der Waals surface area (Å²) in [7, 11) is 0. The molecule has 0 aliphatic heterocycles. The molecule has 0 aliphatic carbocycles. The maximum atomic E-state index is 12.4. The number of H-pyrrole nitrogens is 1. The van der Waals surface area contributed by atoms with E-state index in [1.165, 1.54) is 11.1 Å². The number of aromatic nitrogens is 2. The Morgan fingerprint density at radius 2 is 1.46 bits per heavy atom. The molecule has 0 radical (unpaired) electrons. The molecule has 4 rings (SSSR count). The Hall–Kier alpha value is -3.40. The van der Waals surface area contributed by atoms with Gasteiger partial charge in [0.15, 0.2) is 0 Å². The molecule has 4 aromatic rings. The van der Waals surface area contributed by atoms with Crippen LogP contribution in [-0.4, -0.2) is 22.4 Å². The lowest BCUT2D eigenvalue weighted by molar-refractivity contribution is -0.121. The minimum Gasteiger partial charge on any atom is -0.355 e. The summed E-state index contributed by atoms with van der Waals surface area (Å²) in [4.78, 5) is 20.3. The smallest absolute Gasteiger partial charge is 0.220 e. The summed E-state index contributed by atoms with van der Waals surface area (Å²) >= 11 is 0. The Balaban J connectivity index is 1.38. The number of hydrogen-bond donors (Lipinski definition) is 2. The summed E-state index contributed by atoms with van der Waals surface area (Å²) in [6, 6.07) is 28.5. The van der Waals surface area contributed by atoms with Gasteiger partial charge in [-0.3, -0.25) is 4.79 Å². The lowest BCUT2D eigenvalue weighted by Crippen LogP contribution is -2.29. The number of benzene rings is 3. The Bertz CT molecular complexity index is 969. The third kappa shape index (κ3) is 4.29. The first-order valence-electron chi connectivity index (χ1n) is 9.60. The van der Waals surface area contributed by atoms with Crippen LogP contribution in [0.4, 0.5) is 0 Å². The largest absolute Gasteiger partial charge is 0.355 e. The summed E-state index contributed by atoms with van der Waals surface area (Å²) in [6.07, 6.45) is 1.01. The number of para-hydroxylation sites is 2. The number of fused-ring (bicyclic) bond motifs is 1. The number of rotatable bonds is 7. The zero-order chi connectivity index (χ0) is 19.2. The van der Waals surface area contributed by atoms with E-state index in [-0.39, 0.29) is 11.8 Å². The first-order valence-corrected chi connectivity index (χ1v) is 9.60. The number of carbonyl (C=O) groups is 1. The first-order chi connectivity index (χ1) is 13.8. The average Bonchev–Trinajstić information content (AvgIpc) is 3.17. The van der Waals surface area contributed by atoms with Crippen molar-refractivity contribution in [2.24, 2.45) is 0 Å². The predicted molar refractivity (Wildman–Crippen MR) is 112 cm³/mol. The van der Waals surface area contributed by atoms with E-state index in [1.807, 2.05) is 60.7 Å². The van der Waals surface area contributed by atoms with Gasteiger partial charge >= 0.3 is 0 Å². The van der Waals surface area contributed by atoms with Gasteiger partial charge in [0.2, 0.25) is 5.91 Å². The van der Waals surface area contributed by atoms with Gasteiger partial charge in [-0.1, -0.05) is 72.8 Å². The number of imidazole rings is 1. The van der Waals surface area contributed by atoms with Crippen LogP contribution in [0.15, 0.2) is 84.9 Å². The van der Waals surface area contributed by atoms with Crippen LogP contribution in [-0.2, 0) is 11.2 Å². The van der Waals surface area contributed by atoms with Crippen LogP contribution < -0.4 is 5.32 Å².